The molecule has 0 aliphatic heterocycles. The van der Waals surface area contributed by atoms with Crippen molar-refractivity contribution in [2.45, 2.75) is 96.8 Å². The molecule has 3 nitrogen and oxygen atoms in total. The molecule has 0 saturated heterocycles. The Morgan fingerprint density at radius 1 is 0.783 bits per heavy atom. The SMILES string of the molecule is CCCCCCCCCCCCCC(CCCN(C)C)C(N)=O. The molecule has 0 aliphatic carbocycles. The summed E-state index contributed by atoms with van der Waals surface area (Å²) in [5.74, 6) is -0.00986. The lowest BCUT2D eigenvalue weighted by atomic mass is 9.95. The summed E-state index contributed by atoms with van der Waals surface area (Å²) in [6.07, 6.45) is 17.9. The van der Waals surface area contributed by atoms with Crippen LogP contribution in [0.3, 0.4) is 0 Å². The molecular weight excluding hydrogens is 284 g/mol. The maximum absolute atomic E-state index is 11.5. The van der Waals surface area contributed by atoms with E-state index in [2.05, 4.69) is 25.9 Å². The average Bonchev–Trinajstić information content (AvgIpc) is 2.50. The van der Waals surface area contributed by atoms with Crippen LogP contribution in [0, 0.1) is 5.92 Å². The van der Waals surface area contributed by atoms with Crippen LogP contribution in [-0.2, 0) is 4.79 Å². The van der Waals surface area contributed by atoms with Crippen molar-refractivity contribution >= 4 is 5.91 Å². The van der Waals surface area contributed by atoms with Gasteiger partial charge in [0.1, 0.15) is 0 Å². The predicted octanol–water partition coefficient (Wildman–Crippen LogP) is 5.13. The summed E-state index contributed by atoms with van der Waals surface area (Å²) < 4.78 is 0. The molecule has 0 fully saturated rings. The first-order valence-electron chi connectivity index (χ1n) is 10.0. The number of primary amides is 1. The first kappa shape index (κ1) is 22.4. The fourth-order valence-electron chi connectivity index (χ4n) is 3.14. The summed E-state index contributed by atoms with van der Waals surface area (Å²) in [5, 5.41) is 0. The molecule has 0 radical (unpaired) electrons. The number of rotatable bonds is 17. The van der Waals surface area contributed by atoms with Gasteiger partial charge in [0.25, 0.3) is 0 Å². The van der Waals surface area contributed by atoms with E-state index >= 15 is 0 Å². The average molecular weight is 327 g/mol. The summed E-state index contributed by atoms with van der Waals surface area (Å²) in [6.45, 7) is 3.31. The Kier molecular flexibility index (Phi) is 15.9. The highest BCUT2D eigenvalue weighted by atomic mass is 16.1. The molecule has 0 saturated carbocycles. The van der Waals surface area contributed by atoms with Gasteiger partial charge in [0.15, 0.2) is 0 Å². The number of nitrogens with zero attached hydrogens (tertiary/aromatic N) is 1. The van der Waals surface area contributed by atoms with Crippen molar-refractivity contribution in [2.75, 3.05) is 20.6 Å². The molecular formula is C20H42N2O. The van der Waals surface area contributed by atoms with Gasteiger partial charge in [-0.05, 0) is 39.9 Å². The maximum atomic E-state index is 11.5. The van der Waals surface area contributed by atoms with Gasteiger partial charge in [0, 0.05) is 5.92 Å². The zero-order chi connectivity index (χ0) is 17.3. The number of amides is 1. The molecule has 0 bridgehead atoms. The van der Waals surface area contributed by atoms with E-state index in [1.54, 1.807) is 0 Å². The molecule has 0 aromatic heterocycles. The lowest BCUT2D eigenvalue weighted by Crippen LogP contribution is -2.24. The molecule has 0 rings (SSSR count). The fourth-order valence-corrected chi connectivity index (χ4v) is 3.14. The maximum Gasteiger partial charge on any atom is 0.220 e. The van der Waals surface area contributed by atoms with Crippen LogP contribution in [0.2, 0.25) is 0 Å². The molecule has 23 heavy (non-hydrogen) atoms. The Morgan fingerprint density at radius 3 is 1.65 bits per heavy atom. The smallest absolute Gasteiger partial charge is 0.220 e. The van der Waals surface area contributed by atoms with E-state index < -0.39 is 0 Å². The van der Waals surface area contributed by atoms with Crippen molar-refractivity contribution in [3.63, 3.8) is 0 Å². The highest BCUT2D eigenvalue weighted by molar-refractivity contribution is 5.76. The minimum absolute atomic E-state index is 0.0912. The minimum atomic E-state index is -0.101. The van der Waals surface area contributed by atoms with Gasteiger partial charge in [0.05, 0.1) is 0 Å². The number of nitrogens with two attached hydrogens (primary N) is 1. The lowest BCUT2D eigenvalue weighted by Gasteiger charge is -2.15. The van der Waals surface area contributed by atoms with Crippen LogP contribution in [-0.4, -0.2) is 31.4 Å². The second-order valence-corrected chi connectivity index (χ2v) is 7.37. The number of hydrogen-bond acceptors (Lipinski definition) is 2. The number of carbonyl (C=O) groups excluding carboxylic acids is 1. The van der Waals surface area contributed by atoms with Gasteiger partial charge in [-0.2, -0.15) is 0 Å². The second-order valence-electron chi connectivity index (χ2n) is 7.37. The van der Waals surface area contributed by atoms with Gasteiger partial charge >= 0.3 is 0 Å². The number of carbonyl (C=O) groups is 1. The van der Waals surface area contributed by atoms with Crippen molar-refractivity contribution in [3.8, 4) is 0 Å². The zero-order valence-electron chi connectivity index (χ0n) is 16.1. The highest BCUT2D eigenvalue weighted by Crippen LogP contribution is 2.17. The third kappa shape index (κ3) is 16.1. The lowest BCUT2D eigenvalue weighted by molar-refractivity contribution is -0.122. The van der Waals surface area contributed by atoms with E-state index in [0.29, 0.717) is 0 Å². The standard InChI is InChI=1S/C20H42N2O/c1-4-5-6-7-8-9-10-11-12-13-14-16-19(20(21)23)17-15-18-22(2)3/h19H,4-18H2,1-3H3,(H2,21,23). The van der Waals surface area contributed by atoms with Crippen LogP contribution < -0.4 is 5.73 Å². The third-order valence-electron chi connectivity index (χ3n) is 4.72. The summed E-state index contributed by atoms with van der Waals surface area (Å²) in [5.41, 5.74) is 5.53. The molecule has 0 aromatic carbocycles. The summed E-state index contributed by atoms with van der Waals surface area (Å²) in [4.78, 5) is 13.7. The molecule has 0 heterocycles. The number of unbranched alkanes of at least 4 members (excludes halogenated alkanes) is 10. The summed E-state index contributed by atoms with van der Waals surface area (Å²) in [7, 11) is 4.15. The molecule has 1 atom stereocenters. The first-order valence-corrected chi connectivity index (χ1v) is 10.0. The van der Waals surface area contributed by atoms with Crippen LogP contribution in [0.4, 0.5) is 0 Å². The quantitative estimate of drug-likeness (QED) is 0.377. The van der Waals surface area contributed by atoms with Crippen molar-refractivity contribution in [1.82, 2.24) is 4.90 Å². The minimum Gasteiger partial charge on any atom is -0.369 e. The Morgan fingerprint density at radius 2 is 1.22 bits per heavy atom. The Balaban J connectivity index is 3.43. The van der Waals surface area contributed by atoms with E-state index in [1.807, 2.05) is 0 Å². The van der Waals surface area contributed by atoms with Crippen LogP contribution in [0.15, 0.2) is 0 Å². The number of hydrogen-bond donors (Lipinski definition) is 1. The van der Waals surface area contributed by atoms with Gasteiger partial charge in [-0.15, -0.1) is 0 Å². The molecule has 3 heteroatoms. The third-order valence-corrected chi connectivity index (χ3v) is 4.72. The van der Waals surface area contributed by atoms with Crippen molar-refractivity contribution in [1.29, 1.82) is 0 Å². The topological polar surface area (TPSA) is 46.3 Å². The molecule has 2 N–H and O–H groups in total. The Labute approximate surface area is 145 Å². The van der Waals surface area contributed by atoms with Crippen molar-refractivity contribution < 1.29 is 4.79 Å². The zero-order valence-corrected chi connectivity index (χ0v) is 16.1. The summed E-state index contributed by atoms with van der Waals surface area (Å²) in [6, 6.07) is 0. The van der Waals surface area contributed by atoms with E-state index in [0.717, 1.165) is 32.2 Å². The largest absolute Gasteiger partial charge is 0.369 e. The molecule has 0 aliphatic rings. The van der Waals surface area contributed by atoms with E-state index in [-0.39, 0.29) is 11.8 Å². The second kappa shape index (κ2) is 16.3. The van der Waals surface area contributed by atoms with Gasteiger partial charge in [-0.25, -0.2) is 0 Å². The summed E-state index contributed by atoms with van der Waals surface area (Å²) >= 11 is 0. The van der Waals surface area contributed by atoms with E-state index in [1.165, 1.54) is 64.2 Å². The van der Waals surface area contributed by atoms with Crippen molar-refractivity contribution in [2.24, 2.45) is 11.7 Å². The van der Waals surface area contributed by atoms with E-state index in [9.17, 15) is 4.79 Å². The monoisotopic (exact) mass is 326 g/mol. The van der Waals surface area contributed by atoms with Crippen molar-refractivity contribution in [3.05, 3.63) is 0 Å². The van der Waals surface area contributed by atoms with Gasteiger partial charge < -0.3 is 10.6 Å². The Hall–Kier alpha value is -0.570. The molecule has 1 unspecified atom stereocenters. The Bertz CT molecular complexity index is 266. The van der Waals surface area contributed by atoms with Crippen LogP contribution in [0.25, 0.3) is 0 Å². The van der Waals surface area contributed by atoms with Crippen LogP contribution >= 0.6 is 0 Å². The van der Waals surface area contributed by atoms with Crippen LogP contribution in [0.1, 0.15) is 96.8 Å². The molecule has 0 spiro atoms. The van der Waals surface area contributed by atoms with Gasteiger partial charge in [-0.3, -0.25) is 4.79 Å². The van der Waals surface area contributed by atoms with E-state index in [4.69, 9.17) is 5.73 Å². The predicted molar refractivity (Wildman–Crippen MR) is 102 cm³/mol. The normalized spacial score (nSPS) is 12.7. The molecule has 138 valence electrons. The fraction of sp³-hybridized carbons (Fsp3) is 0.950. The molecule has 1 amide bonds. The highest BCUT2D eigenvalue weighted by Gasteiger charge is 2.14. The van der Waals surface area contributed by atoms with Gasteiger partial charge in [-0.1, -0.05) is 77.6 Å². The first-order chi connectivity index (χ1) is 11.1. The van der Waals surface area contributed by atoms with Crippen LogP contribution in [0.5, 0.6) is 0 Å². The van der Waals surface area contributed by atoms with Gasteiger partial charge in [0.2, 0.25) is 5.91 Å². The molecule has 0 aromatic rings.